The fourth-order valence-electron chi connectivity index (χ4n) is 3.45. The maximum Gasteiger partial charge on any atom is 0.330 e. The fourth-order valence-corrected chi connectivity index (χ4v) is 5.14. The third kappa shape index (κ3) is 4.26. The molecule has 1 aliphatic rings. The Hall–Kier alpha value is -2.80. The van der Waals surface area contributed by atoms with Crippen LogP contribution < -0.4 is 11.2 Å². The first-order valence-electron chi connectivity index (χ1n) is 9.74. The van der Waals surface area contributed by atoms with E-state index in [1.807, 2.05) is 4.90 Å². The molecule has 1 aliphatic heterocycles. The second kappa shape index (κ2) is 8.62. The number of hydrogen-bond donors (Lipinski definition) is 0. The number of nitrogens with zero attached hydrogens (tertiary/aromatic N) is 6. The van der Waals surface area contributed by atoms with Crippen LogP contribution in [0.3, 0.4) is 0 Å². The molecule has 32 heavy (non-hydrogen) atoms. The van der Waals surface area contributed by atoms with Crippen molar-refractivity contribution in [3.8, 4) is 11.4 Å². The second-order valence-corrected chi connectivity index (χ2v) is 9.79. The Morgan fingerprint density at radius 1 is 1.06 bits per heavy atom. The summed E-state index contributed by atoms with van der Waals surface area (Å²) in [5.74, 6) is 0.863. The van der Waals surface area contributed by atoms with Gasteiger partial charge in [-0.15, -0.1) is 0 Å². The smallest absolute Gasteiger partial charge is 0.330 e. The summed E-state index contributed by atoms with van der Waals surface area (Å²) < 4.78 is 34.4. The zero-order chi connectivity index (χ0) is 23.0. The molecule has 170 valence electrons. The van der Waals surface area contributed by atoms with Crippen LogP contribution in [-0.4, -0.2) is 63.1 Å². The summed E-state index contributed by atoms with van der Waals surface area (Å²) in [6.45, 7) is 1.59. The van der Waals surface area contributed by atoms with Crippen LogP contribution in [0.2, 0.25) is 5.02 Å². The van der Waals surface area contributed by atoms with Crippen LogP contribution >= 0.6 is 11.6 Å². The molecule has 0 aliphatic carbocycles. The average molecular weight is 481 g/mol. The van der Waals surface area contributed by atoms with Crippen LogP contribution in [0.5, 0.6) is 0 Å². The van der Waals surface area contributed by atoms with Crippen molar-refractivity contribution in [3.05, 3.63) is 62.2 Å². The van der Waals surface area contributed by atoms with E-state index >= 15 is 0 Å². The quantitative estimate of drug-likeness (QED) is 0.510. The molecule has 1 aromatic carbocycles. The average Bonchev–Trinajstić information content (AvgIpc) is 3.24. The van der Waals surface area contributed by atoms with E-state index in [2.05, 4.69) is 10.1 Å². The molecule has 4 rings (SSSR count). The van der Waals surface area contributed by atoms with E-state index in [4.69, 9.17) is 16.1 Å². The highest BCUT2D eigenvalue weighted by Gasteiger charge is 2.32. The van der Waals surface area contributed by atoms with Gasteiger partial charge in [0, 0.05) is 57.1 Å². The molecule has 0 atom stereocenters. The fraction of sp³-hybridized carbons (Fsp3) is 0.368. The first-order chi connectivity index (χ1) is 15.2. The van der Waals surface area contributed by atoms with Gasteiger partial charge in [-0.2, -0.15) is 9.29 Å². The monoisotopic (exact) mass is 480 g/mol. The first kappa shape index (κ1) is 22.4. The van der Waals surface area contributed by atoms with Crippen LogP contribution in [0.25, 0.3) is 11.4 Å². The minimum atomic E-state index is -4.03. The number of rotatable bonds is 5. The van der Waals surface area contributed by atoms with E-state index in [1.165, 1.54) is 18.4 Å². The molecule has 11 nitrogen and oxygen atoms in total. The van der Waals surface area contributed by atoms with Crippen LogP contribution in [0, 0.1) is 0 Å². The molecule has 0 N–H and O–H groups in total. The van der Waals surface area contributed by atoms with Gasteiger partial charge in [0.1, 0.15) is 0 Å². The van der Waals surface area contributed by atoms with Crippen LogP contribution in [0.1, 0.15) is 5.89 Å². The van der Waals surface area contributed by atoms with Crippen molar-refractivity contribution in [2.45, 2.75) is 11.4 Å². The lowest BCUT2D eigenvalue weighted by Gasteiger charge is -2.33. The number of aromatic nitrogens is 4. The third-order valence-electron chi connectivity index (χ3n) is 5.29. The Morgan fingerprint density at radius 3 is 2.38 bits per heavy atom. The molecule has 2 aromatic heterocycles. The van der Waals surface area contributed by atoms with Crippen molar-refractivity contribution in [2.24, 2.45) is 14.1 Å². The lowest BCUT2D eigenvalue weighted by molar-refractivity contribution is 0.163. The molecule has 0 unspecified atom stereocenters. The van der Waals surface area contributed by atoms with E-state index in [1.54, 1.807) is 24.3 Å². The van der Waals surface area contributed by atoms with Crippen molar-refractivity contribution in [2.75, 3.05) is 26.2 Å². The first-order valence-corrected chi connectivity index (χ1v) is 11.6. The molecule has 0 spiro atoms. The van der Waals surface area contributed by atoms with E-state index < -0.39 is 26.2 Å². The third-order valence-corrected chi connectivity index (χ3v) is 7.43. The number of piperazine rings is 1. The van der Waals surface area contributed by atoms with Crippen molar-refractivity contribution < 1.29 is 12.9 Å². The normalized spacial score (nSPS) is 15.8. The predicted octanol–water partition coefficient (Wildman–Crippen LogP) is 0.294. The number of benzene rings is 1. The van der Waals surface area contributed by atoms with Gasteiger partial charge in [0.15, 0.2) is 4.90 Å². The van der Waals surface area contributed by atoms with Gasteiger partial charge in [-0.3, -0.25) is 14.3 Å². The zero-order valence-electron chi connectivity index (χ0n) is 17.4. The van der Waals surface area contributed by atoms with E-state index in [9.17, 15) is 18.0 Å². The Labute approximate surface area is 188 Å². The molecule has 3 aromatic rings. The maximum atomic E-state index is 13.0. The Kier molecular flexibility index (Phi) is 6.03. The molecule has 13 heteroatoms. The lowest BCUT2D eigenvalue weighted by atomic mass is 10.2. The summed E-state index contributed by atoms with van der Waals surface area (Å²) in [4.78, 5) is 30.2. The standard InChI is InChI=1S/C19H21ClN6O5S/c1-23-11-15(18(27)24(2)19(23)28)32(29,30)26-9-7-25(8-10-26)12-16-21-17(22-31-16)13-3-5-14(20)6-4-13/h3-6,11H,7-10,12H2,1-2H3. The molecule has 0 radical (unpaired) electrons. The highest BCUT2D eigenvalue weighted by Crippen LogP contribution is 2.20. The summed E-state index contributed by atoms with van der Waals surface area (Å²) in [5.41, 5.74) is -0.647. The van der Waals surface area contributed by atoms with Crippen molar-refractivity contribution in [3.63, 3.8) is 0 Å². The molecule has 0 amide bonds. The highest BCUT2D eigenvalue weighted by molar-refractivity contribution is 7.89. The van der Waals surface area contributed by atoms with E-state index in [-0.39, 0.29) is 13.1 Å². The van der Waals surface area contributed by atoms with Gasteiger partial charge in [0.2, 0.25) is 21.7 Å². The van der Waals surface area contributed by atoms with Crippen molar-refractivity contribution in [1.82, 2.24) is 28.5 Å². The van der Waals surface area contributed by atoms with E-state index in [0.29, 0.717) is 36.4 Å². The largest absolute Gasteiger partial charge is 0.338 e. The number of sulfonamides is 1. The SMILES string of the molecule is Cn1cc(S(=O)(=O)N2CCN(Cc3nc(-c4ccc(Cl)cc4)no3)CC2)c(=O)n(C)c1=O. The van der Waals surface area contributed by atoms with Gasteiger partial charge in [-0.25, -0.2) is 13.2 Å². The maximum absolute atomic E-state index is 13.0. The summed E-state index contributed by atoms with van der Waals surface area (Å²) in [7, 11) is -1.38. The Morgan fingerprint density at radius 2 is 1.72 bits per heavy atom. The van der Waals surface area contributed by atoms with Gasteiger partial charge in [-0.05, 0) is 24.3 Å². The Bertz CT molecular complexity index is 1350. The molecule has 0 bridgehead atoms. The van der Waals surface area contributed by atoms with Crippen molar-refractivity contribution in [1.29, 1.82) is 0 Å². The summed E-state index contributed by atoms with van der Waals surface area (Å²) in [6.07, 6.45) is 1.07. The van der Waals surface area contributed by atoms with Gasteiger partial charge in [0.25, 0.3) is 5.56 Å². The van der Waals surface area contributed by atoms with E-state index in [0.717, 1.165) is 20.9 Å². The molecular formula is C19H21ClN6O5S. The van der Waals surface area contributed by atoms with Crippen LogP contribution in [0.15, 0.2) is 49.5 Å². The van der Waals surface area contributed by atoms with Crippen LogP contribution in [-0.2, 0) is 30.7 Å². The molecule has 0 saturated carbocycles. The minimum absolute atomic E-state index is 0.187. The number of halogens is 1. The van der Waals surface area contributed by atoms with Gasteiger partial charge < -0.3 is 9.09 Å². The minimum Gasteiger partial charge on any atom is -0.338 e. The predicted molar refractivity (Wildman–Crippen MR) is 116 cm³/mol. The Balaban J connectivity index is 1.43. The second-order valence-electron chi connectivity index (χ2n) is 7.45. The summed E-state index contributed by atoms with van der Waals surface area (Å²) in [5, 5.41) is 4.59. The molecule has 1 fully saturated rings. The van der Waals surface area contributed by atoms with Gasteiger partial charge >= 0.3 is 5.69 Å². The summed E-state index contributed by atoms with van der Waals surface area (Å²) >= 11 is 5.90. The highest BCUT2D eigenvalue weighted by atomic mass is 35.5. The lowest BCUT2D eigenvalue weighted by Crippen LogP contribution is -2.50. The molecular weight excluding hydrogens is 460 g/mol. The topological polar surface area (TPSA) is 124 Å². The number of aryl methyl sites for hydroxylation is 1. The van der Waals surface area contributed by atoms with Crippen molar-refractivity contribution >= 4 is 21.6 Å². The number of hydrogen-bond acceptors (Lipinski definition) is 8. The molecule has 1 saturated heterocycles. The summed E-state index contributed by atoms with van der Waals surface area (Å²) in [6, 6.07) is 7.07. The van der Waals surface area contributed by atoms with Gasteiger partial charge in [-0.1, -0.05) is 16.8 Å². The van der Waals surface area contributed by atoms with Gasteiger partial charge in [0.05, 0.1) is 6.54 Å². The molecule has 3 heterocycles. The zero-order valence-corrected chi connectivity index (χ0v) is 19.0. The van der Waals surface area contributed by atoms with Crippen LogP contribution in [0.4, 0.5) is 0 Å².